The van der Waals surface area contributed by atoms with E-state index in [2.05, 4.69) is 55.4 Å². The van der Waals surface area contributed by atoms with Crippen molar-refractivity contribution in [3.8, 4) is 5.75 Å². The molecular weight excluding hydrogens is 370 g/mol. The van der Waals surface area contributed by atoms with E-state index >= 15 is 0 Å². The summed E-state index contributed by atoms with van der Waals surface area (Å²) in [6.45, 7) is 5.21. The standard InChI is InChI=1S/C27H33NO2/c1-3-19-15-23-20(16-25(19)30-17-18-7-5-4-6-8-18)9-10-22-21(23)13-14-27(2)24(22)11-12-26(27)28-29/h4-8,15-16,21-22,24,29H,3,9-14,17H2,1-2H3/t21-,22+,24-,27-/m0/s1. The average molecular weight is 404 g/mol. The van der Waals surface area contributed by atoms with Gasteiger partial charge >= 0.3 is 0 Å². The molecular formula is C27H33NO2. The van der Waals surface area contributed by atoms with E-state index in [4.69, 9.17) is 4.74 Å². The maximum atomic E-state index is 9.53. The molecule has 158 valence electrons. The number of ether oxygens (including phenoxy) is 1. The second-order valence-corrected chi connectivity index (χ2v) is 9.74. The number of fused-ring (bicyclic) bond motifs is 5. The Bertz CT molecular complexity index is 951. The molecule has 1 N–H and O–H groups in total. The fourth-order valence-electron chi connectivity index (χ4n) is 6.74. The predicted molar refractivity (Wildman–Crippen MR) is 120 cm³/mol. The Hall–Kier alpha value is -2.29. The first-order valence-corrected chi connectivity index (χ1v) is 11.7. The highest BCUT2D eigenvalue weighted by Crippen LogP contribution is 2.60. The van der Waals surface area contributed by atoms with Crippen molar-refractivity contribution in [1.82, 2.24) is 0 Å². The molecule has 30 heavy (non-hydrogen) atoms. The van der Waals surface area contributed by atoms with Crippen molar-refractivity contribution in [3.63, 3.8) is 0 Å². The quantitative estimate of drug-likeness (QED) is 0.467. The molecule has 0 saturated heterocycles. The van der Waals surface area contributed by atoms with Crippen LogP contribution in [0.5, 0.6) is 5.75 Å². The van der Waals surface area contributed by atoms with Crippen LogP contribution in [0.25, 0.3) is 0 Å². The summed E-state index contributed by atoms with van der Waals surface area (Å²) in [5.41, 5.74) is 6.78. The van der Waals surface area contributed by atoms with Gasteiger partial charge in [0.25, 0.3) is 0 Å². The number of hydrogen-bond donors (Lipinski definition) is 1. The average Bonchev–Trinajstić information content (AvgIpc) is 3.13. The van der Waals surface area contributed by atoms with E-state index in [1.165, 1.54) is 36.0 Å². The van der Waals surface area contributed by atoms with Gasteiger partial charge in [0.05, 0.1) is 5.71 Å². The summed E-state index contributed by atoms with van der Waals surface area (Å²) in [7, 11) is 0. The van der Waals surface area contributed by atoms with E-state index < -0.39 is 0 Å². The van der Waals surface area contributed by atoms with Crippen molar-refractivity contribution < 1.29 is 9.94 Å². The zero-order valence-electron chi connectivity index (χ0n) is 18.2. The summed E-state index contributed by atoms with van der Waals surface area (Å²) in [5, 5.41) is 13.2. The Morgan fingerprint density at radius 2 is 1.93 bits per heavy atom. The SMILES string of the molecule is CCc1cc2c(cc1OCc1ccccc1)CC[C@@H]1[C@@H]2CC[C@]2(C)C(=NO)CC[C@@H]12. The van der Waals surface area contributed by atoms with E-state index in [1.54, 1.807) is 5.56 Å². The summed E-state index contributed by atoms with van der Waals surface area (Å²) >= 11 is 0. The number of hydrogen-bond acceptors (Lipinski definition) is 3. The highest BCUT2D eigenvalue weighted by molar-refractivity contribution is 5.92. The van der Waals surface area contributed by atoms with Gasteiger partial charge in [-0.25, -0.2) is 0 Å². The third kappa shape index (κ3) is 3.14. The molecule has 0 amide bonds. The molecule has 3 heteroatoms. The minimum absolute atomic E-state index is 0.111. The number of oxime groups is 1. The lowest BCUT2D eigenvalue weighted by molar-refractivity contribution is 0.0937. The lowest BCUT2D eigenvalue weighted by atomic mass is 9.55. The van der Waals surface area contributed by atoms with Crippen LogP contribution >= 0.6 is 0 Å². The highest BCUT2D eigenvalue weighted by atomic mass is 16.5. The van der Waals surface area contributed by atoms with Crippen LogP contribution in [0.1, 0.15) is 74.1 Å². The Balaban J connectivity index is 1.42. The van der Waals surface area contributed by atoms with E-state index in [1.807, 2.05) is 6.07 Å². The predicted octanol–water partition coefficient (Wildman–Crippen LogP) is 6.51. The summed E-state index contributed by atoms with van der Waals surface area (Å²) < 4.78 is 6.29. The second kappa shape index (κ2) is 7.76. The monoisotopic (exact) mass is 403 g/mol. The molecule has 0 bridgehead atoms. The first-order valence-electron chi connectivity index (χ1n) is 11.7. The third-order valence-electron chi connectivity index (χ3n) is 8.39. The number of aryl methyl sites for hydroxylation is 2. The van der Waals surface area contributed by atoms with Crippen molar-refractivity contribution in [2.75, 3.05) is 0 Å². The number of nitrogens with zero attached hydrogens (tertiary/aromatic N) is 1. The molecule has 0 aromatic heterocycles. The van der Waals surface area contributed by atoms with Gasteiger partial charge < -0.3 is 9.94 Å². The Labute approximate surface area is 180 Å². The van der Waals surface area contributed by atoms with Crippen molar-refractivity contribution >= 4 is 5.71 Å². The van der Waals surface area contributed by atoms with E-state index in [0.29, 0.717) is 18.4 Å². The van der Waals surface area contributed by atoms with E-state index in [9.17, 15) is 5.21 Å². The molecule has 0 spiro atoms. The minimum atomic E-state index is 0.111. The second-order valence-electron chi connectivity index (χ2n) is 9.74. The zero-order chi connectivity index (χ0) is 20.7. The van der Waals surface area contributed by atoms with Crippen molar-refractivity contribution in [2.45, 2.75) is 71.3 Å². The molecule has 5 rings (SSSR count). The lowest BCUT2D eigenvalue weighted by Gasteiger charge is -2.49. The van der Waals surface area contributed by atoms with Crippen LogP contribution in [-0.4, -0.2) is 10.9 Å². The molecule has 0 unspecified atom stereocenters. The van der Waals surface area contributed by atoms with Gasteiger partial charge in [0.15, 0.2) is 0 Å². The van der Waals surface area contributed by atoms with Crippen LogP contribution in [0.4, 0.5) is 0 Å². The largest absolute Gasteiger partial charge is 0.489 e. The normalized spacial score (nSPS) is 31.1. The topological polar surface area (TPSA) is 41.8 Å². The fourth-order valence-corrected chi connectivity index (χ4v) is 6.74. The molecule has 0 heterocycles. The lowest BCUT2D eigenvalue weighted by Crippen LogP contribution is -2.42. The maximum absolute atomic E-state index is 9.53. The van der Waals surface area contributed by atoms with Crippen LogP contribution < -0.4 is 4.74 Å². The molecule has 2 saturated carbocycles. The third-order valence-corrected chi connectivity index (χ3v) is 8.39. The molecule has 2 aromatic rings. The first-order chi connectivity index (χ1) is 14.6. The molecule has 2 fully saturated rings. The van der Waals surface area contributed by atoms with Crippen LogP contribution in [0, 0.1) is 17.3 Å². The number of benzene rings is 2. The van der Waals surface area contributed by atoms with E-state index in [-0.39, 0.29) is 5.41 Å². The van der Waals surface area contributed by atoms with Crippen LogP contribution in [0.3, 0.4) is 0 Å². The molecule has 4 atom stereocenters. The van der Waals surface area contributed by atoms with Crippen molar-refractivity contribution in [1.29, 1.82) is 0 Å². The van der Waals surface area contributed by atoms with Crippen LogP contribution in [0.15, 0.2) is 47.6 Å². The van der Waals surface area contributed by atoms with Crippen LogP contribution in [0.2, 0.25) is 0 Å². The number of rotatable bonds is 4. The van der Waals surface area contributed by atoms with Gasteiger partial charge in [-0.1, -0.05) is 55.4 Å². The van der Waals surface area contributed by atoms with E-state index in [0.717, 1.165) is 43.1 Å². The van der Waals surface area contributed by atoms with Gasteiger partial charge in [-0.15, -0.1) is 0 Å². The van der Waals surface area contributed by atoms with Crippen molar-refractivity contribution in [3.05, 3.63) is 64.7 Å². The highest BCUT2D eigenvalue weighted by Gasteiger charge is 2.53. The molecule has 3 aliphatic rings. The summed E-state index contributed by atoms with van der Waals surface area (Å²) in [5.74, 6) is 3.10. The van der Waals surface area contributed by atoms with Crippen LogP contribution in [-0.2, 0) is 19.4 Å². The first kappa shape index (κ1) is 19.7. The van der Waals surface area contributed by atoms with Gasteiger partial charge in [-0.2, -0.15) is 0 Å². The van der Waals surface area contributed by atoms with Gasteiger partial charge in [-0.3, -0.25) is 0 Å². The fraction of sp³-hybridized carbons (Fsp3) is 0.519. The molecule has 0 aliphatic heterocycles. The minimum Gasteiger partial charge on any atom is -0.489 e. The van der Waals surface area contributed by atoms with Crippen molar-refractivity contribution in [2.24, 2.45) is 22.4 Å². The smallest absolute Gasteiger partial charge is 0.123 e. The summed E-state index contributed by atoms with van der Waals surface area (Å²) in [4.78, 5) is 0. The van der Waals surface area contributed by atoms with Gasteiger partial charge in [0, 0.05) is 5.41 Å². The summed E-state index contributed by atoms with van der Waals surface area (Å²) in [6, 6.07) is 15.2. The maximum Gasteiger partial charge on any atom is 0.123 e. The Morgan fingerprint density at radius 3 is 2.70 bits per heavy atom. The zero-order valence-corrected chi connectivity index (χ0v) is 18.2. The molecule has 3 nitrogen and oxygen atoms in total. The molecule has 0 radical (unpaired) electrons. The Kier molecular flexibility index (Phi) is 5.08. The Morgan fingerprint density at radius 1 is 1.10 bits per heavy atom. The summed E-state index contributed by atoms with van der Waals surface area (Å²) in [6.07, 6.45) is 7.89. The van der Waals surface area contributed by atoms with Gasteiger partial charge in [0.2, 0.25) is 0 Å². The van der Waals surface area contributed by atoms with Gasteiger partial charge in [-0.05, 0) is 91.0 Å². The molecule has 3 aliphatic carbocycles. The molecule has 2 aromatic carbocycles. The van der Waals surface area contributed by atoms with Gasteiger partial charge in [0.1, 0.15) is 12.4 Å².